The molecule has 0 aromatic rings. The van der Waals surface area contributed by atoms with E-state index in [1.54, 1.807) is 20.8 Å². The summed E-state index contributed by atoms with van der Waals surface area (Å²) in [4.78, 5) is 0. The van der Waals surface area contributed by atoms with E-state index in [1.807, 2.05) is 0 Å². The van der Waals surface area contributed by atoms with Gasteiger partial charge in [0.15, 0.2) is 9.84 Å². The van der Waals surface area contributed by atoms with E-state index >= 15 is 0 Å². The molecule has 0 heterocycles. The van der Waals surface area contributed by atoms with Gasteiger partial charge in [-0.05, 0) is 20.8 Å². The van der Waals surface area contributed by atoms with Crippen LogP contribution in [-0.4, -0.2) is 48.0 Å². The molecule has 0 radical (unpaired) electrons. The highest BCUT2D eigenvalue weighted by atomic mass is 32.2. The highest BCUT2D eigenvalue weighted by Gasteiger charge is 2.42. The van der Waals surface area contributed by atoms with Crippen LogP contribution in [0.4, 0.5) is 0 Å². The van der Waals surface area contributed by atoms with Gasteiger partial charge in [0.25, 0.3) is 0 Å². The van der Waals surface area contributed by atoms with Gasteiger partial charge >= 0.3 is 8.80 Å². The zero-order valence-electron chi connectivity index (χ0n) is 12.0. The van der Waals surface area contributed by atoms with Crippen molar-refractivity contribution >= 4 is 18.6 Å². The monoisotopic (exact) mass is 320 g/mol. The number of rotatable bonds is 10. The van der Waals surface area contributed by atoms with Gasteiger partial charge < -0.3 is 13.3 Å². The van der Waals surface area contributed by atoms with Gasteiger partial charge in [0, 0.05) is 25.9 Å². The number of nitrogens with zero attached hydrogens (tertiary/aromatic N) is 2. The zero-order chi connectivity index (χ0) is 15.6. The highest BCUT2D eigenvalue weighted by Crippen LogP contribution is 2.18. The lowest BCUT2D eigenvalue weighted by Gasteiger charge is -2.28. The van der Waals surface area contributed by atoms with Crippen LogP contribution < -0.4 is 0 Å². The molecule has 0 rings (SSSR count). The van der Waals surface area contributed by atoms with Crippen molar-refractivity contribution in [2.45, 2.75) is 32.1 Å². The van der Waals surface area contributed by atoms with Crippen molar-refractivity contribution in [1.29, 1.82) is 10.5 Å². The second-order valence-electron chi connectivity index (χ2n) is 3.74. The topological polar surface area (TPSA) is 109 Å². The summed E-state index contributed by atoms with van der Waals surface area (Å²) in [6.45, 7) is 6.32. The Labute approximate surface area is 121 Å². The quantitative estimate of drug-likeness (QED) is 0.549. The van der Waals surface area contributed by atoms with Crippen LogP contribution in [0, 0.1) is 22.7 Å². The fourth-order valence-corrected chi connectivity index (χ4v) is 6.27. The predicted octanol–water partition coefficient (Wildman–Crippen LogP) is 0.865. The Morgan fingerprint density at radius 1 is 1.00 bits per heavy atom. The summed E-state index contributed by atoms with van der Waals surface area (Å²) in [6, 6.07) is 2.97. The summed E-state index contributed by atoms with van der Waals surface area (Å²) in [5.74, 6) is -0.370. The molecular formula is C11H20N2O5SSi. The SMILES string of the molecule is CCO[Si](CCS(=O)(=O)C(C#N)C#N)(OCC)OCC. The maximum atomic E-state index is 11.9. The molecule has 9 heteroatoms. The molecule has 0 aliphatic carbocycles. The molecular weight excluding hydrogens is 300 g/mol. The van der Waals surface area contributed by atoms with Crippen LogP contribution in [0.3, 0.4) is 0 Å². The highest BCUT2D eigenvalue weighted by molar-refractivity contribution is 7.92. The minimum Gasteiger partial charge on any atom is -0.374 e. The third-order valence-electron chi connectivity index (χ3n) is 2.38. The van der Waals surface area contributed by atoms with Gasteiger partial charge in [-0.3, -0.25) is 0 Å². The minimum atomic E-state index is -3.84. The lowest BCUT2D eigenvalue weighted by molar-refractivity contribution is 0.0727. The first-order chi connectivity index (χ1) is 9.41. The second kappa shape index (κ2) is 9.05. The summed E-state index contributed by atoms with van der Waals surface area (Å²) in [5, 5.41) is 15.7. The molecule has 114 valence electrons. The first-order valence-corrected chi connectivity index (χ1v) is 9.98. The van der Waals surface area contributed by atoms with Gasteiger partial charge in [-0.25, -0.2) is 8.42 Å². The van der Waals surface area contributed by atoms with E-state index in [0.29, 0.717) is 19.8 Å². The van der Waals surface area contributed by atoms with E-state index in [-0.39, 0.29) is 11.8 Å². The molecule has 0 amide bonds. The van der Waals surface area contributed by atoms with Gasteiger partial charge in [0.2, 0.25) is 5.25 Å². The Balaban J connectivity index is 5.01. The largest absolute Gasteiger partial charge is 0.501 e. The van der Waals surface area contributed by atoms with Crippen LogP contribution in [0.5, 0.6) is 0 Å². The van der Waals surface area contributed by atoms with E-state index in [2.05, 4.69) is 0 Å². The van der Waals surface area contributed by atoms with Crippen LogP contribution in [0.1, 0.15) is 20.8 Å². The van der Waals surface area contributed by atoms with Crippen molar-refractivity contribution < 1.29 is 21.7 Å². The number of hydrogen-bond acceptors (Lipinski definition) is 7. The first kappa shape index (κ1) is 19.0. The standard InChI is InChI=1S/C11H20N2O5SSi/c1-4-16-20(17-5-2,18-6-3)8-7-19(14,15)11(9-12)10-13/h11H,4-8H2,1-3H3. The van der Waals surface area contributed by atoms with Gasteiger partial charge in [0.1, 0.15) is 0 Å². The molecule has 0 aromatic carbocycles. The fourth-order valence-electron chi connectivity index (χ4n) is 1.58. The average molecular weight is 320 g/mol. The molecule has 0 spiro atoms. The van der Waals surface area contributed by atoms with E-state index in [9.17, 15) is 8.42 Å². The maximum absolute atomic E-state index is 11.9. The van der Waals surface area contributed by atoms with E-state index < -0.39 is 23.9 Å². The smallest absolute Gasteiger partial charge is 0.374 e. The third-order valence-corrected chi connectivity index (χ3v) is 7.49. The first-order valence-electron chi connectivity index (χ1n) is 6.34. The molecule has 0 atom stereocenters. The molecule has 0 aromatic heterocycles. The summed E-state index contributed by atoms with van der Waals surface area (Å²) < 4.78 is 40.3. The van der Waals surface area contributed by atoms with Crippen LogP contribution in [0.25, 0.3) is 0 Å². The van der Waals surface area contributed by atoms with Crippen molar-refractivity contribution in [2.24, 2.45) is 0 Å². The minimum absolute atomic E-state index is 0.0325. The third kappa shape index (κ3) is 5.57. The number of nitriles is 2. The Morgan fingerprint density at radius 2 is 1.40 bits per heavy atom. The molecule has 0 aliphatic rings. The summed E-state index contributed by atoms with van der Waals surface area (Å²) in [5.41, 5.74) is 0. The Kier molecular flexibility index (Phi) is 8.61. The maximum Gasteiger partial charge on any atom is 0.501 e. The lowest BCUT2D eigenvalue weighted by Crippen LogP contribution is -2.47. The normalized spacial score (nSPS) is 12.1. The fraction of sp³-hybridized carbons (Fsp3) is 0.818. The van der Waals surface area contributed by atoms with E-state index in [0.717, 1.165) is 0 Å². The molecule has 0 N–H and O–H groups in total. The average Bonchev–Trinajstić information content (AvgIpc) is 2.39. The van der Waals surface area contributed by atoms with Crippen molar-refractivity contribution in [3.63, 3.8) is 0 Å². The van der Waals surface area contributed by atoms with E-state index in [1.165, 1.54) is 12.1 Å². The second-order valence-corrected chi connectivity index (χ2v) is 8.67. The molecule has 7 nitrogen and oxygen atoms in total. The van der Waals surface area contributed by atoms with Crippen LogP contribution in [0.2, 0.25) is 6.04 Å². The number of hydrogen-bond donors (Lipinski definition) is 0. The molecule has 0 fully saturated rings. The summed E-state index contributed by atoms with van der Waals surface area (Å²) in [6.07, 6.45) is 0. The predicted molar refractivity (Wildman–Crippen MR) is 74.2 cm³/mol. The molecule has 0 unspecified atom stereocenters. The van der Waals surface area contributed by atoms with Crippen molar-refractivity contribution in [1.82, 2.24) is 0 Å². The van der Waals surface area contributed by atoms with Gasteiger partial charge in [-0.2, -0.15) is 10.5 Å². The molecule has 20 heavy (non-hydrogen) atoms. The Hall–Kier alpha value is -0.973. The lowest BCUT2D eigenvalue weighted by atomic mass is 10.5. The zero-order valence-corrected chi connectivity index (χ0v) is 13.8. The Morgan fingerprint density at radius 3 is 1.70 bits per heavy atom. The van der Waals surface area contributed by atoms with Crippen molar-refractivity contribution in [3.8, 4) is 12.1 Å². The van der Waals surface area contributed by atoms with Crippen LogP contribution >= 0.6 is 0 Å². The number of sulfone groups is 1. The molecule has 0 saturated carbocycles. The van der Waals surface area contributed by atoms with Gasteiger partial charge in [-0.1, -0.05) is 0 Å². The molecule has 0 bridgehead atoms. The Bertz CT molecular complexity index is 437. The molecule has 0 aliphatic heterocycles. The summed E-state index contributed by atoms with van der Waals surface area (Å²) >= 11 is 0. The van der Waals surface area contributed by atoms with Crippen LogP contribution in [-0.2, 0) is 23.1 Å². The van der Waals surface area contributed by atoms with Crippen LogP contribution in [0.15, 0.2) is 0 Å². The summed E-state index contributed by atoms with van der Waals surface area (Å²) in [7, 11) is -6.91. The van der Waals surface area contributed by atoms with Crippen molar-refractivity contribution in [2.75, 3.05) is 25.6 Å². The van der Waals surface area contributed by atoms with E-state index in [4.69, 9.17) is 23.8 Å². The van der Waals surface area contributed by atoms with Gasteiger partial charge in [0.05, 0.1) is 17.9 Å². The van der Waals surface area contributed by atoms with Crippen molar-refractivity contribution in [3.05, 3.63) is 0 Å². The molecule has 0 saturated heterocycles. The van der Waals surface area contributed by atoms with Gasteiger partial charge in [-0.15, -0.1) is 0 Å².